The lowest BCUT2D eigenvalue weighted by Gasteiger charge is -2.38. The Morgan fingerprint density at radius 1 is 1.10 bits per heavy atom. The number of likely N-dealkylation sites (N-methyl/N-ethyl adjacent to an activating group) is 2. The second-order valence-corrected chi connectivity index (χ2v) is 15.0. The number of aromatic nitrogens is 1. The van der Waals surface area contributed by atoms with Gasteiger partial charge in [0.1, 0.15) is 28.7 Å². The Balaban J connectivity index is 1.72. The summed E-state index contributed by atoms with van der Waals surface area (Å²) in [6, 6.07) is 4.15. The van der Waals surface area contributed by atoms with E-state index in [0.29, 0.717) is 24.3 Å². The zero-order valence-corrected chi connectivity index (χ0v) is 31.6. The van der Waals surface area contributed by atoms with Crippen molar-refractivity contribution in [1.29, 1.82) is 0 Å². The molecule has 7 atom stereocenters. The maximum Gasteiger partial charge on any atom is 0.308 e. The van der Waals surface area contributed by atoms with E-state index in [4.69, 9.17) is 4.74 Å². The molecule has 1 aromatic heterocycles. The molecule has 1 fully saturated rings. The normalized spacial score (nSPS) is 18.7. The molecule has 1 unspecified atom stereocenters. The summed E-state index contributed by atoms with van der Waals surface area (Å²) in [5.41, 5.74) is 0.912. The van der Waals surface area contributed by atoms with E-state index in [1.165, 1.54) is 19.2 Å². The number of thiazole rings is 1. The molecule has 3 amide bonds. The first-order valence-corrected chi connectivity index (χ1v) is 18.6. The lowest BCUT2D eigenvalue weighted by atomic mass is 9.92. The monoisotopic (exact) mass is 717 g/mol. The zero-order chi connectivity index (χ0) is 37.1. The molecule has 2 heterocycles. The van der Waals surface area contributed by atoms with Crippen LogP contribution >= 0.6 is 11.3 Å². The van der Waals surface area contributed by atoms with Crippen molar-refractivity contribution in [3.8, 4) is 0 Å². The van der Waals surface area contributed by atoms with Gasteiger partial charge in [0.2, 0.25) is 11.8 Å². The Kier molecular flexibility index (Phi) is 15.8. The number of hydrogen-bond donors (Lipinski definition) is 3. The number of esters is 1. The van der Waals surface area contributed by atoms with Crippen molar-refractivity contribution in [3.63, 3.8) is 0 Å². The number of carbonyl (C=O) groups excluding carboxylic acids is 4. The predicted octanol–water partition coefficient (Wildman–Crippen LogP) is 4.74. The predicted molar refractivity (Wildman–Crippen MR) is 192 cm³/mol. The number of nitrogens with one attached hydrogen (secondary N) is 2. The van der Waals surface area contributed by atoms with Gasteiger partial charge in [0, 0.05) is 30.9 Å². The standard InChI is InChI=1S/C37H56FN5O6S/c1-9-23(4)32(41-34(46)29-12-10-11-17-42(29)6)36(47)43(7)30(22(2)3)20-31(44)35-40-28(21-50-35)33(45)39-27(18-24(5)37(48)49-8)19-25-13-15-26(38)16-14-25/h13-16,21-24,27,29-32,44H,9-12,17-20H2,1-8H3,(H,39,45)(H,41,46)/t23?,24-,27+,29+,30+,31+,32-/m0/s1. The molecule has 0 spiro atoms. The molecule has 3 rings (SSSR count). The lowest BCUT2D eigenvalue weighted by Crippen LogP contribution is -2.58. The van der Waals surface area contributed by atoms with Crippen LogP contribution in [0.4, 0.5) is 4.39 Å². The van der Waals surface area contributed by atoms with Crippen LogP contribution in [0.15, 0.2) is 29.6 Å². The number of ether oxygens (including phenoxy) is 1. The van der Waals surface area contributed by atoms with Crippen molar-refractivity contribution >= 4 is 35.0 Å². The third-order valence-electron chi connectivity index (χ3n) is 9.94. The van der Waals surface area contributed by atoms with Crippen molar-refractivity contribution in [2.24, 2.45) is 17.8 Å². The van der Waals surface area contributed by atoms with Gasteiger partial charge < -0.3 is 25.4 Å². The summed E-state index contributed by atoms with van der Waals surface area (Å²) in [6.07, 6.45) is 3.28. The summed E-state index contributed by atoms with van der Waals surface area (Å²) in [5, 5.41) is 19.3. The van der Waals surface area contributed by atoms with Crippen LogP contribution in [0.2, 0.25) is 0 Å². The minimum atomic E-state index is -1.05. The van der Waals surface area contributed by atoms with Crippen molar-refractivity contribution in [3.05, 3.63) is 51.7 Å². The van der Waals surface area contributed by atoms with Gasteiger partial charge in [-0.25, -0.2) is 9.37 Å². The molecule has 1 aliphatic heterocycles. The van der Waals surface area contributed by atoms with Crippen molar-refractivity contribution < 1.29 is 33.4 Å². The molecule has 3 N–H and O–H groups in total. The number of hydrogen-bond acceptors (Lipinski definition) is 9. The average molecular weight is 718 g/mol. The average Bonchev–Trinajstić information content (AvgIpc) is 3.60. The number of benzene rings is 1. The summed E-state index contributed by atoms with van der Waals surface area (Å²) in [6.45, 7) is 10.5. The first-order valence-electron chi connectivity index (χ1n) is 17.7. The van der Waals surface area contributed by atoms with Crippen LogP contribution < -0.4 is 10.6 Å². The SMILES string of the molecule is CCC(C)[C@H](NC(=O)[C@H]1CCCCN1C)C(=O)N(C)[C@H](C[C@@H](O)c1nc(C(=O)N[C@@H](Cc2ccc(F)cc2)C[C@H](C)C(=O)OC)cs1)C(C)C. The molecular weight excluding hydrogens is 662 g/mol. The highest BCUT2D eigenvalue weighted by atomic mass is 32.1. The first kappa shape index (κ1) is 41.0. The Labute approximate surface area is 300 Å². The third kappa shape index (κ3) is 11.3. The summed E-state index contributed by atoms with van der Waals surface area (Å²) in [4.78, 5) is 61.0. The number of piperidine rings is 1. The van der Waals surface area contributed by atoms with E-state index in [2.05, 4.69) is 15.6 Å². The van der Waals surface area contributed by atoms with Crippen LogP contribution in [-0.4, -0.2) is 95.5 Å². The summed E-state index contributed by atoms with van der Waals surface area (Å²) >= 11 is 1.15. The maximum absolute atomic E-state index is 14.0. The largest absolute Gasteiger partial charge is 0.469 e. The molecule has 50 heavy (non-hydrogen) atoms. The molecule has 1 aromatic carbocycles. The first-order chi connectivity index (χ1) is 23.7. The number of carbonyl (C=O) groups is 4. The van der Waals surface area contributed by atoms with Crippen LogP contribution in [0.1, 0.15) is 100 Å². The molecule has 2 aromatic rings. The lowest BCUT2D eigenvalue weighted by molar-refractivity contribution is -0.145. The maximum atomic E-state index is 14.0. The second-order valence-electron chi connectivity index (χ2n) is 14.1. The number of rotatable bonds is 17. The van der Waals surface area contributed by atoms with Gasteiger partial charge in [-0.1, -0.05) is 59.6 Å². The quantitative estimate of drug-likeness (QED) is 0.199. The van der Waals surface area contributed by atoms with Gasteiger partial charge in [-0.15, -0.1) is 11.3 Å². The molecule has 0 aliphatic carbocycles. The Bertz CT molecular complexity index is 1420. The highest BCUT2D eigenvalue weighted by molar-refractivity contribution is 7.09. The fraction of sp³-hybridized carbons (Fsp3) is 0.649. The van der Waals surface area contributed by atoms with Crippen LogP contribution in [0.5, 0.6) is 0 Å². The number of nitrogens with zero attached hydrogens (tertiary/aromatic N) is 3. The van der Waals surface area contributed by atoms with Crippen LogP contribution in [0, 0.1) is 23.6 Å². The van der Waals surface area contributed by atoms with Crippen LogP contribution in [-0.2, 0) is 25.5 Å². The van der Waals surface area contributed by atoms with E-state index < -0.39 is 36.0 Å². The fourth-order valence-electron chi connectivity index (χ4n) is 6.56. The number of aliphatic hydroxyl groups is 1. The molecule has 0 saturated carbocycles. The smallest absolute Gasteiger partial charge is 0.308 e. The topological polar surface area (TPSA) is 141 Å². The molecule has 13 heteroatoms. The highest BCUT2D eigenvalue weighted by Crippen LogP contribution is 2.28. The molecule has 11 nitrogen and oxygen atoms in total. The van der Waals surface area contributed by atoms with Gasteiger partial charge in [0.25, 0.3) is 5.91 Å². The third-order valence-corrected chi connectivity index (χ3v) is 10.9. The minimum absolute atomic E-state index is 0.0249. The minimum Gasteiger partial charge on any atom is -0.469 e. The molecule has 0 radical (unpaired) electrons. The molecule has 1 saturated heterocycles. The van der Waals surface area contributed by atoms with Crippen LogP contribution in [0.3, 0.4) is 0 Å². The summed E-state index contributed by atoms with van der Waals surface area (Å²) in [5.74, 6) is -2.18. The van der Waals surface area contributed by atoms with E-state index in [1.54, 1.807) is 36.4 Å². The molecule has 278 valence electrons. The highest BCUT2D eigenvalue weighted by Gasteiger charge is 2.36. The second kappa shape index (κ2) is 19.3. The van der Waals surface area contributed by atoms with E-state index in [9.17, 15) is 28.7 Å². The van der Waals surface area contributed by atoms with Gasteiger partial charge in [-0.05, 0) is 68.8 Å². The fourth-order valence-corrected chi connectivity index (χ4v) is 7.35. The van der Waals surface area contributed by atoms with E-state index >= 15 is 0 Å². The van der Waals surface area contributed by atoms with E-state index in [1.807, 2.05) is 39.6 Å². The molecule has 0 bridgehead atoms. The summed E-state index contributed by atoms with van der Waals surface area (Å²) in [7, 11) is 4.97. The van der Waals surface area contributed by atoms with E-state index in [-0.39, 0.29) is 53.7 Å². The van der Waals surface area contributed by atoms with E-state index in [0.717, 1.165) is 42.7 Å². The number of methoxy groups -OCH3 is 1. The van der Waals surface area contributed by atoms with Gasteiger partial charge >= 0.3 is 5.97 Å². The van der Waals surface area contributed by atoms with Crippen molar-refractivity contribution in [2.45, 2.75) is 110 Å². The number of amides is 3. The molecular formula is C37H56FN5O6S. The van der Waals surface area contributed by atoms with Gasteiger partial charge in [-0.2, -0.15) is 0 Å². The summed E-state index contributed by atoms with van der Waals surface area (Å²) < 4.78 is 18.4. The van der Waals surface area contributed by atoms with Crippen LogP contribution in [0.25, 0.3) is 0 Å². The molecule has 1 aliphatic rings. The Morgan fingerprint density at radius 3 is 2.38 bits per heavy atom. The van der Waals surface area contributed by atoms with Gasteiger partial charge in [-0.3, -0.25) is 24.1 Å². The number of halogens is 1. The van der Waals surface area contributed by atoms with Gasteiger partial charge in [0.05, 0.1) is 19.1 Å². The zero-order valence-electron chi connectivity index (χ0n) is 30.8. The van der Waals surface area contributed by atoms with Crippen molar-refractivity contribution in [1.82, 2.24) is 25.4 Å². The Hall–Kier alpha value is -3.42. The van der Waals surface area contributed by atoms with Gasteiger partial charge in [0.15, 0.2) is 0 Å². The van der Waals surface area contributed by atoms with Crippen molar-refractivity contribution in [2.75, 3.05) is 27.7 Å². The number of likely N-dealkylation sites (tertiary alicyclic amines) is 1. The Morgan fingerprint density at radius 2 is 1.78 bits per heavy atom. The number of aliphatic hydroxyl groups excluding tert-OH is 1.